The Kier molecular flexibility index (Phi) is 3.80. The third-order valence-electron chi connectivity index (χ3n) is 2.32. The highest BCUT2D eigenvalue weighted by Crippen LogP contribution is 2.21. The van der Waals surface area contributed by atoms with Gasteiger partial charge in [-0.25, -0.2) is 4.79 Å². The van der Waals surface area contributed by atoms with E-state index in [-0.39, 0.29) is 11.6 Å². The van der Waals surface area contributed by atoms with Crippen LogP contribution < -0.4 is 11.2 Å². The molecule has 0 saturated carbocycles. The summed E-state index contributed by atoms with van der Waals surface area (Å²) in [5.74, 6) is 0. The van der Waals surface area contributed by atoms with Crippen LogP contribution in [0.15, 0.2) is 34.0 Å². The first-order chi connectivity index (χ1) is 8.47. The van der Waals surface area contributed by atoms with Gasteiger partial charge in [0.05, 0.1) is 6.54 Å². The van der Waals surface area contributed by atoms with Gasteiger partial charge in [-0.3, -0.25) is 14.3 Å². The molecule has 2 rings (SSSR count). The second-order valence-electron chi connectivity index (χ2n) is 3.60. The van der Waals surface area contributed by atoms with E-state index in [2.05, 4.69) is 4.98 Å². The predicted octanol–water partition coefficient (Wildman–Crippen LogP) is 2.55. The van der Waals surface area contributed by atoms with Gasteiger partial charge in [0.15, 0.2) is 0 Å². The number of nitrogens with one attached hydrogen (secondary N) is 1. The van der Waals surface area contributed by atoms with Crippen LogP contribution in [0.1, 0.15) is 5.56 Å². The fourth-order valence-electron chi connectivity index (χ4n) is 1.45. The molecule has 0 spiro atoms. The zero-order valence-corrected chi connectivity index (χ0v) is 11.2. The van der Waals surface area contributed by atoms with Gasteiger partial charge in [-0.15, -0.1) is 0 Å². The molecule has 1 N–H and O–H groups in total. The maximum Gasteiger partial charge on any atom is 0.328 e. The van der Waals surface area contributed by atoms with E-state index in [4.69, 9.17) is 34.8 Å². The number of hydrogen-bond donors (Lipinski definition) is 1. The summed E-state index contributed by atoms with van der Waals surface area (Å²) in [6, 6.07) is 4.93. The molecule has 0 radical (unpaired) electrons. The Balaban J connectivity index is 2.46. The molecule has 18 heavy (non-hydrogen) atoms. The van der Waals surface area contributed by atoms with E-state index in [1.54, 1.807) is 18.2 Å². The molecule has 94 valence electrons. The Morgan fingerprint density at radius 2 is 1.83 bits per heavy atom. The van der Waals surface area contributed by atoms with Crippen LogP contribution >= 0.6 is 34.8 Å². The lowest BCUT2D eigenvalue weighted by molar-refractivity contribution is 0.721. The standard InChI is InChI=1S/C11H7Cl3N2O2/c12-7-1-2-8(13)6(3-7)4-16-5-9(14)10(17)15-11(16)18/h1-3,5H,4H2,(H,15,17,18). The highest BCUT2D eigenvalue weighted by atomic mass is 35.5. The molecule has 1 aromatic heterocycles. The number of H-pyrrole nitrogens is 1. The van der Waals surface area contributed by atoms with Crippen LogP contribution in [0.5, 0.6) is 0 Å². The molecule has 0 fully saturated rings. The average Bonchev–Trinajstić information content (AvgIpc) is 2.30. The molecular weight excluding hydrogens is 298 g/mol. The van der Waals surface area contributed by atoms with E-state index >= 15 is 0 Å². The number of benzene rings is 1. The quantitative estimate of drug-likeness (QED) is 0.927. The largest absolute Gasteiger partial charge is 0.328 e. The van der Waals surface area contributed by atoms with E-state index in [1.807, 2.05) is 0 Å². The van der Waals surface area contributed by atoms with Gasteiger partial charge in [0.2, 0.25) is 0 Å². The van der Waals surface area contributed by atoms with Crippen molar-refractivity contribution in [2.75, 3.05) is 0 Å². The fourth-order valence-corrected chi connectivity index (χ4v) is 1.99. The molecule has 1 aromatic carbocycles. The lowest BCUT2D eigenvalue weighted by atomic mass is 10.2. The van der Waals surface area contributed by atoms with Gasteiger partial charge in [-0.2, -0.15) is 0 Å². The normalized spacial score (nSPS) is 10.6. The molecule has 0 bridgehead atoms. The zero-order valence-electron chi connectivity index (χ0n) is 8.91. The Hall–Kier alpha value is -1.23. The molecule has 1 heterocycles. The zero-order chi connectivity index (χ0) is 13.3. The summed E-state index contributed by atoms with van der Waals surface area (Å²) in [6.45, 7) is 0.175. The minimum absolute atomic E-state index is 0.0623. The average molecular weight is 306 g/mol. The summed E-state index contributed by atoms with van der Waals surface area (Å²) in [7, 11) is 0. The van der Waals surface area contributed by atoms with Crippen molar-refractivity contribution >= 4 is 34.8 Å². The fraction of sp³-hybridized carbons (Fsp3) is 0.0909. The van der Waals surface area contributed by atoms with Gasteiger partial charge >= 0.3 is 5.69 Å². The molecule has 0 aliphatic rings. The second kappa shape index (κ2) is 5.18. The van der Waals surface area contributed by atoms with Gasteiger partial charge in [0, 0.05) is 16.2 Å². The molecule has 7 heteroatoms. The number of nitrogens with zero attached hydrogens (tertiary/aromatic N) is 1. The molecule has 4 nitrogen and oxygen atoms in total. The van der Waals surface area contributed by atoms with E-state index < -0.39 is 11.2 Å². The van der Waals surface area contributed by atoms with Crippen LogP contribution in [-0.2, 0) is 6.54 Å². The number of aromatic amines is 1. The molecule has 0 amide bonds. The molecule has 0 unspecified atom stereocenters. The number of aromatic nitrogens is 2. The first-order valence-electron chi connectivity index (χ1n) is 4.90. The smallest absolute Gasteiger partial charge is 0.295 e. The van der Waals surface area contributed by atoms with Crippen LogP contribution in [0.3, 0.4) is 0 Å². The van der Waals surface area contributed by atoms with Crippen molar-refractivity contribution in [3.8, 4) is 0 Å². The highest BCUT2D eigenvalue weighted by Gasteiger charge is 2.06. The summed E-state index contributed by atoms with van der Waals surface area (Å²) in [5, 5.41) is 0.930. The SMILES string of the molecule is O=c1[nH]c(=O)n(Cc2cc(Cl)ccc2Cl)cc1Cl. The van der Waals surface area contributed by atoms with Gasteiger partial charge < -0.3 is 0 Å². The van der Waals surface area contributed by atoms with Crippen molar-refractivity contribution < 1.29 is 0 Å². The summed E-state index contributed by atoms with van der Waals surface area (Å²) >= 11 is 17.5. The van der Waals surface area contributed by atoms with Crippen LogP contribution in [0, 0.1) is 0 Å². The Morgan fingerprint density at radius 3 is 2.56 bits per heavy atom. The minimum Gasteiger partial charge on any atom is -0.295 e. The number of halogens is 3. The van der Waals surface area contributed by atoms with Gasteiger partial charge in [0.25, 0.3) is 5.56 Å². The highest BCUT2D eigenvalue weighted by molar-refractivity contribution is 6.33. The molecule has 0 aliphatic carbocycles. The maximum absolute atomic E-state index is 11.6. The third-order valence-corrected chi connectivity index (χ3v) is 3.19. The lowest BCUT2D eigenvalue weighted by Crippen LogP contribution is -2.30. The Morgan fingerprint density at radius 1 is 1.11 bits per heavy atom. The number of hydrogen-bond acceptors (Lipinski definition) is 2. The summed E-state index contributed by atoms with van der Waals surface area (Å²) in [4.78, 5) is 24.8. The van der Waals surface area contributed by atoms with Crippen molar-refractivity contribution in [1.29, 1.82) is 0 Å². The van der Waals surface area contributed by atoms with Crippen LogP contribution in [-0.4, -0.2) is 9.55 Å². The van der Waals surface area contributed by atoms with Crippen molar-refractivity contribution in [1.82, 2.24) is 9.55 Å². The lowest BCUT2D eigenvalue weighted by Gasteiger charge is -2.07. The number of rotatable bonds is 2. The Bertz CT molecular complexity index is 706. The monoisotopic (exact) mass is 304 g/mol. The van der Waals surface area contributed by atoms with E-state index in [0.717, 1.165) is 0 Å². The molecular formula is C11H7Cl3N2O2. The van der Waals surface area contributed by atoms with Crippen LogP contribution in [0.25, 0.3) is 0 Å². The Labute approximate surface area is 117 Å². The minimum atomic E-state index is -0.616. The topological polar surface area (TPSA) is 54.9 Å². The van der Waals surface area contributed by atoms with Gasteiger partial charge in [0.1, 0.15) is 5.02 Å². The van der Waals surface area contributed by atoms with Crippen LogP contribution in [0.4, 0.5) is 0 Å². The van der Waals surface area contributed by atoms with Crippen molar-refractivity contribution in [3.05, 3.63) is 65.9 Å². The van der Waals surface area contributed by atoms with Gasteiger partial charge in [-0.1, -0.05) is 34.8 Å². The van der Waals surface area contributed by atoms with Crippen molar-refractivity contribution in [2.24, 2.45) is 0 Å². The first kappa shape index (κ1) is 13.2. The summed E-state index contributed by atoms with van der Waals surface area (Å²) < 4.78 is 1.25. The van der Waals surface area contributed by atoms with Crippen molar-refractivity contribution in [2.45, 2.75) is 6.54 Å². The molecule has 2 aromatic rings. The van der Waals surface area contributed by atoms with E-state index in [9.17, 15) is 9.59 Å². The first-order valence-corrected chi connectivity index (χ1v) is 6.04. The molecule has 0 saturated heterocycles. The summed E-state index contributed by atoms with van der Waals surface area (Å²) in [6.07, 6.45) is 1.26. The molecule has 0 atom stereocenters. The molecule has 0 aliphatic heterocycles. The van der Waals surface area contributed by atoms with Crippen LogP contribution in [0.2, 0.25) is 15.1 Å². The third kappa shape index (κ3) is 2.77. The predicted molar refractivity (Wildman–Crippen MR) is 71.9 cm³/mol. The van der Waals surface area contributed by atoms with E-state index in [0.29, 0.717) is 15.6 Å². The summed E-state index contributed by atoms with van der Waals surface area (Å²) in [5.41, 5.74) is -0.509. The van der Waals surface area contributed by atoms with E-state index in [1.165, 1.54) is 10.8 Å². The maximum atomic E-state index is 11.6. The van der Waals surface area contributed by atoms with Crippen molar-refractivity contribution in [3.63, 3.8) is 0 Å². The second-order valence-corrected chi connectivity index (χ2v) is 4.85. The van der Waals surface area contributed by atoms with Gasteiger partial charge in [-0.05, 0) is 23.8 Å².